The highest BCUT2D eigenvalue weighted by Gasteiger charge is 2.33. The van der Waals surface area contributed by atoms with Crippen molar-refractivity contribution < 1.29 is 13.2 Å². The summed E-state index contributed by atoms with van der Waals surface area (Å²) in [6.45, 7) is 11.1. The zero-order chi connectivity index (χ0) is 24.6. The van der Waals surface area contributed by atoms with Crippen molar-refractivity contribution >= 4 is 15.9 Å². The van der Waals surface area contributed by atoms with Crippen LogP contribution in [0.2, 0.25) is 0 Å². The summed E-state index contributed by atoms with van der Waals surface area (Å²) in [6.07, 6.45) is 1.77. The third-order valence-corrected chi connectivity index (χ3v) is 9.20. The maximum atomic E-state index is 13.5. The Morgan fingerprint density at radius 3 is 1.94 bits per heavy atom. The van der Waals surface area contributed by atoms with Gasteiger partial charge in [0.2, 0.25) is 15.9 Å². The SMILES string of the molecule is Cc1c(C)c(C)c(S(=O)(=O)N2CCN(C(=O)Cc3ccc(-n4cnnn4)cc3)CC2)c(C)c1C. The van der Waals surface area contributed by atoms with Gasteiger partial charge in [-0.1, -0.05) is 12.1 Å². The van der Waals surface area contributed by atoms with E-state index in [9.17, 15) is 13.2 Å². The highest BCUT2D eigenvalue weighted by atomic mass is 32.2. The second kappa shape index (κ2) is 9.27. The number of carbonyl (C=O) groups is 1. The number of rotatable bonds is 5. The third-order valence-electron chi connectivity index (χ3n) is 7.03. The van der Waals surface area contributed by atoms with E-state index in [2.05, 4.69) is 15.5 Å². The number of tetrazole rings is 1. The number of carbonyl (C=O) groups excluding carboxylic acids is 1. The van der Waals surface area contributed by atoms with E-state index in [-0.39, 0.29) is 25.4 Å². The summed E-state index contributed by atoms with van der Waals surface area (Å²) >= 11 is 0. The van der Waals surface area contributed by atoms with Gasteiger partial charge in [0.1, 0.15) is 6.33 Å². The van der Waals surface area contributed by atoms with E-state index in [1.54, 1.807) is 9.58 Å². The minimum atomic E-state index is -3.64. The Kier molecular flexibility index (Phi) is 6.55. The van der Waals surface area contributed by atoms with Crippen molar-refractivity contribution in [2.75, 3.05) is 26.2 Å². The van der Waals surface area contributed by atoms with Crippen molar-refractivity contribution in [3.63, 3.8) is 0 Å². The van der Waals surface area contributed by atoms with Crippen LogP contribution < -0.4 is 0 Å². The number of hydrogen-bond acceptors (Lipinski definition) is 6. The molecule has 2 heterocycles. The number of amides is 1. The summed E-state index contributed by atoms with van der Waals surface area (Å²) in [5.74, 6) is -0.0124. The topological polar surface area (TPSA) is 101 Å². The van der Waals surface area contributed by atoms with Crippen LogP contribution in [0.15, 0.2) is 35.5 Å². The number of piperazine rings is 1. The van der Waals surface area contributed by atoms with Gasteiger partial charge >= 0.3 is 0 Å². The van der Waals surface area contributed by atoms with Crippen LogP contribution in [0.5, 0.6) is 0 Å². The maximum absolute atomic E-state index is 13.5. The molecular formula is C24H30N6O3S. The quantitative estimate of drug-likeness (QED) is 0.553. The van der Waals surface area contributed by atoms with Crippen molar-refractivity contribution in [3.05, 3.63) is 64.0 Å². The summed E-state index contributed by atoms with van der Waals surface area (Å²) in [7, 11) is -3.64. The first-order chi connectivity index (χ1) is 16.1. The minimum absolute atomic E-state index is 0.0124. The smallest absolute Gasteiger partial charge is 0.243 e. The Hall–Kier alpha value is -3.11. The van der Waals surface area contributed by atoms with Crippen LogP contribution in [0.1, 0.15) is 33.4 Å². The van der Waals surface area contributed by atoms with Crippen LogP contribution in [0.25, 0.3) is 5.69 Å². The van der Waals surface area contributed by atoms with Crippen LogP contribution in [0, 0.1) is 34.6 Å². The average Bonchev–Trinajstić information content (AvgIpc) is 3.37. The van der Waals surface area contributed by atoms with Crippen LogP contribution in [-0.2, 0) is 21.2 Å². The van der Waals surface area contributed by atoms with E-state index in [0.29, 0.717) is 18.0 Å². The molecule has 1 saturated heterocycles. The van der Waals surface area contributed by atoms with Crippen molar-refractivity contribution in [3.8, 4) is 5.69 Å². The van der Waals surface area contributed by atoms with Gasteiger partial charge < -0.3 is 4.90 Å². The fraction of sp³-hybridized carbons (Fsp3) is 0.417. The molecule has 0 bridgehead atoms. The van der Waals surface area contributed by atoms with Crippen molar-refractivity contribution in [1.82, 2.24) is 29.4 Å². The van der Waals surface area contributed by atoms with Gasteiger partial charge in [0.15, 0.2) is 0 Å². The van der Waals surface area contributed by atoms with Gasteiger partial charge in [-0.15, -0.1) is 5.10 Å². The molecule has 180 valence electrons. The summed E-state index contributed by atoms with van der Waals surface area (Å²) in [6, 6.07) is 7.48. The average molecular weight is 483 g/mol. The van der Waals surface area contributed by atoms with Gasteiger partial charge in [0, 0.05) is 26.2 Å². The fourth-order valence-corrected chi connectivity index (χ4v) is 6.47. The zero-order valence-corrected chi connectivity index (χ0v) is 21.1. The normalized spacial score (nSPS) is 15.0. The Morgan fingerprint density at radius 2 is 1.41 bits per heavy atom. The van der Waals surface area contributed by atoms with Crippen LogP contribution >= 0.6 is 0 Å². The molecule has 0 spiro atoms. The largest absolute Gasteiger partial charge is 0.340 e. The highest BCUT2D eigenvalue weighted by Crippen LogP contribution is 2.32. The Labute approximate surface area is 200 Å². The number of aromatic nitrogens is 4. The lowest BCUT2D eigenvalue weighted by Crippen LogP contribution is -2.51. The lowest BCUT2D eigenvalue weighted by atomic mass is 9.95. The predicted octanol–water partition coefficient (Wildman–Crippen LogP) is 2.28. The van der Waals surface area contributed by atoms with Gasteiger partial charge in [0.25, 0.3) is 0 Å². The van der Waals surface area contributed by atoms with E-state index >= 15 is 0 Å². The molecule has 0 unspecified atom stereocenters. The molecule has 9 nitrogen and oxygen atoms in total. The lowest BCUT2D eigenvalue weighted by Gasteiger charge is -2.35. The molecular weight excluding hydrogens is 452 g/mol. The van der Waals surface area contributed by atoms with Crippen molar-refractivity contribution in [2.45, 2.75) is 45.9 Å². The summed E-state index contributed by atoms with van der Waals surface area (Å²) in [4.78, 5) is 15.0. The molecule has 0 atom stereocenters. The standard InChI is InChI=1S/C24H30N6O3S/c1-16-17(2)19(4)24(20(5)18(16)3)34(32,33)29-12-10-28(11-13-29)23(31)14-21-6-8-22(9-7-21)30-15-25-26-27-30/h6-9,15H,10-14H2,1-5H3. The van der Waals surface area contributed by atoms with Crippen LogP contribution in [-0.4, -0.2) is 69.9 Å². The molecule has 10 heteroatoms. The minimum Gasteiger partial charge on any atom is -0.340 e. The van der Waals surface area contributed by atoms with E-state index in [1.165, 1.54) is 10.6 Å². The number of sulfonamides is 1. The molecule has 0 radical (unpaired) electrons. The molecule has 0 saturated carbocycles. The number of hydrogen-bond donors (Lipinski definition) is 0. The van der Waals surface area contributed by atoms with Gasteiger partial charge in [-0.2, -0.15) is 4.31 Å². The lowest BCUT2D eigenvalue weighted by molar-refractivity contribution is -0.131. The van der Waals surface area contributed by atoms with E-state index < -0.39 is 10.0 Å². The first-order valence-corrected chi connectivity index (χ1v) is 12.7. The maximum Gasteiger partial charge on any atom is 0.243 e. The monoisotopic (exact) mass is 482 g/mol. The molecule has 1 fully saturated rings. The molecule has 1 aliphatic heterocycles. The van der Waals surface area contributed by atoms with Gasteiger partial charge in [-0.05, 0) is 90.6 Å². The summed E-state index contributed by atoms with van der Waals surface area (Å²) < 4.78 is 30.2. The van der Waals surface area contributed by atoms with Crippen LogP contribution in [0.4, 0.5) is 0 Å². The van der Waals surface area contributed by atoms with Crippen LogP contribution in [0.3, 0.4) is 0 Å². The Bertz CT molecular complexity index is 1280. The first-order valence-electron chi connectivity index (χ1n) is 11.3. The van der Waals surface area contributed by atoms with Gasteiger partial charge in [-0.25, -0.2) is 13.1 Å². The molecule has 1 aliphatic rings. The Balaban J connectivity index is 1.43. The fourth-order valence-electron chi connectivity index (χ4n) is 4.49. The first kappa shape index (κ1) is 24.0. The van der Waals surface area contributed by atoms with E-state index in [0.717, 1.165) is 39.1 Å². The number of nitrogens with zero attached hydrogens (tertiary/aromatic N) is 6. The van der Waals surface area contributed by atoms with E-state index in [4.69, 9.17) is 0 Å². The molecule has 4 rings (SSSR count). The van der Waals surface area contributed by atoms with Gasteiger partial charge in [0.05, 0.1) is 17.0 Å². The van der Waals surface area contributed by atoms with E-state index in [1.807, 2.05) is 58.9 Å². The zero-order valence-electron chi connectivity index (χ0n) is 20.2. The Morgan fingerprint density at radius 1 is 0.853 bits per heavy atom. The second-order valence-corrected chi connectivity index (χ2v) is 10.7. The molecule has 3 aromatic rings. The third kappa shape index (κ3) is 4.35. The highest BCUT2D eigenvalue weighted by molar-refractivity contribution is 7.89. The van der Waals surface area contributed by atoms with Crippen molar-refractivity contribution in [1.29, 1.82) is 0 Å². The predicted molar refractivity (Wildman–Crippen MR) is 128 cm³/mol. The van der Waals surface area contributed by atoms with Crippen molar-refractivity contribution in [2.24, 2.45) is 0 Å². The van der Waals surface area contributed by atoms with Gasteiger partial charge in [-0.3, -0.25) is 4.79 Å². The molecule has 0 aliphatic carbocycles. The molecule has 0 N–H and O–H groups in total. The summed E-state index contributed by atoms with van der Waals surface area (Å²) in [5, 5.41) is 11.1. The number of benzene rings is 2. The molecule has 2 aromatic carbocycles. The molecule has 1 amide bonds. The second-order valence-electron chi connectivity index (χ2n) is 8.84. The molecule has 34 heavy (non-hydrogen) atoms. The summed E-state index contributed by atoms with van der Waals surface area (Å²) in [5.41, 5.74) is 6.48. The molecule has 1 aromatic heterocycles.